The zero-order chi connectivity index (χ0) is 12.4. The fourth-order valence-electron chi connectivity index (χ4n) is 1.45. The topological polar surface area (TPSA) is 52.6 Å². The lowest BCUT2D eigenvalue weighted by Crippen LogP contribution is -2.32. The number of carbonyl (C=O) groups excluding carboxylic acids is 1. The maximum absolute atomic E-state index is 12.3. The Kier molecular flexibility index (Phi) is 4.33. The molecule has 0 radical (unpaired) electrons. The molecule has 1 saturated heterocycles. The number of ketones is 1. The van der Waals surface area contributed by atoms with Crippen LogP contribution in [0.5, 0.6) is 0 Å². The normalized spacial score (nSPS) is 25.0. The zero-order valence-electron chi connectivity index (χ0n) is 10.5. The van der Waals surface area contributed by atoms with Crippen LogP contribution < -0.4 is 0 Å². The van der Waals surface area contributed by atoms with Crippen molar-refractivity contribution in [3.05, 3.63) is 0 Å². The van der Waals surface area contributed by atoms with Gasteiger partial charge in [0, 0.05) is 18.3 Å². The van der Waals surface area contributed by atoms with E-state index in [-0.39, 0.29) is 23.3 Å². The summed E-state index contributed by atoms with van der Waals surface area (Å²) in [5.41, 5.74) is -0.432. The van der Waals surface area contributed by atoms with E-state index in [2.05, 4.69) is 0 Å². The average molecular weight is 248 g/mol. The Hall–Kier alpha value is -0.180. The van der Waals surface area contributed by atoms with Crippen molar-refractivity contribution in [1.29, 1.82) is 0 Å². The summed E-state index contributed by atoms with van der Waals surface area (Å²) in [6, 6.07) is 0. The van der Waals surface area contributed by atoms with E-state index >= 15 is 0 Å². The van der Waals surface area contributed by atoms with Crippen molar-refractivity contribution < 1.29 is 18.4 Å². The van der Waals surface area contributed by atoms with Crippen LogP contribution in [0, 0.1) is 5.41 Å². The molecule has 0 aliphatic carbocycles. The van der Waals surface area contributed by atoms with Gasteiger partial charge in [-0.05, 0) is 0 Å². The molecule has 0 N–H and O–H groups in total. The van der Waals surface area contributed by atoms with Gasteiger partial charge < -0.3 is 9.05 Å². The van der Waals surface area contributed by atoms with Crippen molar-refractivity contribution in [2.24, 2.45) is 5.41 Å². The summed E-state index contributed by atoms with van der Waals surface area (Å²) < 4.78 is 23.0. The van der Waals surface area contributed by atoms with Gasteiger partial charge in [-0.2, -0.15) is 0 Å². The Labute approximate surface area is 97.2 Å². The largest absolute Gasteiger partial charge is 0.333 e. The summed E-state index contributed by atoms with van der Waals surface area (Å²) in [5, 5.41) is 0. The molecular formula is C11H21O4P. The minimum absolute atomic E-state index is 0.0948. The maximum Gasteiger partial charge on any atom is 0.333 e. The molecule has 4 nitrogen and oxygen atoms in total. The second-order valence-corrected chi connectivity index (χ2v) is 7.67. The van der Waals surface area contributed by atoms with Gasteiger partial charge >= 0.3 is 7.60 Å². The Morgan fingerprint density at radius 2 is 1.88 bits per heavy atom. The zero-order valence-corrected chi connectivity index (χ0v) is 11.4. The van der Waals surface area contributed by atoms with Crippen LogP contribution in [0.1, 0.15) is 40.5 Å². The fraction of sp³-hybridized carbons (Fsp3) is 0.909. The Balaban J connectivity index is 2.59. The van der Waals surface area contributed by atoms with Crippen molar-refractivity contribution in [3.63, 3.8) is 0 Å². The maximum atomic E-state index is 12.3. The summed E-state index contributed by atoms with van der Waals surface area (Å²) in [6.07, 6.45) is 0.740. The van der Waals surface area contributed by atoms with Gasteiger partial charge in [-0.3, -0.25) is 9.36 Å². The number of carbonyl (C=O) groups is 1. The first-order chi connectivity index (χ1) is 7.29. The van der Waals surface area contributed by atoms with Gasteiger partial charge in [-0.15, -0.1) is 0 Å². The molecule has 1 rings (SSSR count). The van der Waals surface area contributed by atoms with Gasteiger partial charge in [0.05, 0.1) is 18.9 Å². The van der Waals surface area contributed by atoms with Crippen LogP contribution in [0.2, 0.25) is 0 Å². The average Bonchev–Trinajstić information content (AvgIpc) is 2.22. The number of hydrogen-bond acceptors (Lipinski definition) is 4. The highest BCUT2D eigenvalue weighted by Gasteiger charge is 2.41. The Bertz CT molecular complexity index is 297. The fourth-order valence-corrected chi connectivity index (χ4v) is 3.52. The third-order valence-electron chi connectivity index (χ3n) is 2.73. The molecule has 0 aromatic heterocycles. The van der Waals surface area contributed by atoms with E-state index in [1.165, 1.54) is 0 Å². The standard InChI is InChI=1S/C11H21O4P/c1-5-10(12)6-9(2)16(13)14-7-11(3,4)8-15-16/h9H,5-8H2,1-4H3. The molecule has 1 atom stereocenters. The summed E-state index contributed by atoms with van der Waals surface area (Å²) in [6.45, 7) is 8.41. The van der Waals surface area contributed by atoms with E-state index in [1.54, 1.807) is 13.8 Å². The van der Waals surface area contributed by atoms with Gasteiger partial charge in [0.2, 0.25) is 0 Å². The van der Waals surface area contributed by atoms with Gasteiger partial charge in [0.25, 0.3) is 0 Å². The number of hydrogen-bond donors (Lipinski definition) is 0. The van der Waals surface area contributed by atoms with Crippen molar-refractivity contribution in [2.75, 3.05) is 13.2 Å². The molecule has 94 valence electrons. The molecule has 5 heteroatoms. The molecule has 0 spiro atoms. The van der Waals surface area contributed by atoms with Crippen LogP contribution in [0.4, 0.5) is 0 Å². The van der Waals surface area contributed by atoms with Crippen molar-refractivity contribution >= 4 is 13.4 Å². The highest BCUT2D eigenvalue weighted by molar-refractivity contribution is 7.54. The molecule has 1 unspecified atom stereocenters. The summed E-state index contributed by atoms with van der Waals surface area (Å²) >= 11 is 0. The predicted octanol–water partition coefficient (Wildman–Crippen LogP) is 3.01. The highest BCUT2D eigenvalue weighted by Crippen LogP contribution is 2.58. The van der Waals surface area contributed by atoms with E-state index in [4.69, 9.17) is 9.05 Å². The number of Topliss-reactive ketones (excluding diaryl/α,β-unsaturated/α-hetero) is 1. The molecule has 1 fully saturated rings. The quantitative estimate of drug-likeness (QED) is 0.717. The van der Waals surface area contributed by atoms with Crippen LogP contribution >= 0.6 is 7.60 Å². The van der Waals surface area contributed by atoms with E-state index in [0.29, 0.717) is 19.6 Å². The lowest BCUT2D eigenvalue weighted by atomic mass is 9.97. The summed E-state index contributed by atoms with van der Waals surface area (Å²) in [7, 11) is -3.07. The van der Waals surface area contributed by atoms with Gasteiger partial charge in [0.15, 0.2) is 0 Å². The molecule has 0 bridgehead atoms. The number of rotatable bonds is 4. The Morgan fingerprint density at radius 3 is 2.31 bits per heavy atom. The molecule has 0 aromatic rings. The van der Waals surface area contributed by atoms with Crippen LogP contribution in [0.3, 0.4) is 0 Å². The second-order valence-electron chi connectivity index (χ2n) is 5.20. The smallest absolute Gasteiger partial charge is 0.308 e. The van der Waals surface area contributed by atoms with Crippen molar-refractivity contribution in [3.8, 4) is 0 Å². The molecule has 0 saturated carbocycles. The molecular weight excluding hydrogens is 227 g/mol. The third kappa shape index (κ3) is 3.41. The van der Waals surface area contributed by atoms with Gasteiger partial charge in [-0.25, -0.2) is 0 Å². The lowest BCUT2D eigenvalue weighted by molar-refractivity contribution is -0.118. The molecule has 16 heavy (non-hydrogen) atoms. The van der Waals surface area contributed by atoms with Crippen molar-refractivity contribution in [2.45, 2.75) is 46.2 Å². The van der Waals surface area contributed by atoms with E-state index in [1.807, 2.05) is 13.8 Å². The minimum atomic E-state index is -3.07. The van der Waals surface area contributed by atoms with Gasteiger partial charge in [0.1, 0.15) is 5.78 Å². The van der Waals surface area contributed by atoms with E-state index in [9.17, 15) is 9.36 Å². The molecule has 0 amide bonds. The first kappa shape index (κ1) is 13.9. The van der Waals surface area contributed by atoms with E-state index in [0.717, 1.165) is 0 Å². The molecule has 1 heterocycles. The molecule has 1 aliphatic rings. The highest BCUT2D eigenvalue weighted by atomic mass is 31.2. The van der Waals surface area contributed by atoms with Gasteiger partial charge in [-0.1, -0.05) is 27.7 Å². The third-order valence-corrected chi connectivity index (χ3v) is 4.97. The van der Waals surface area contributed by atoms with Crippen LogP contribution in [-0.4, -0.2) is 24.7 Å². The van der Waals surface area contributed by atoms with Crippen LogP contribution in [0.25, 0.3) is 0 Å². The lowest BCUT2D eigenvalue weighted by Gasteiger charge is -2.36. The summed E-state index contributed by atoms with van der Waals surface area (Å²) in [4.78, 5) is 11.3. The molecule has 1 aliphatic heterocycles. The first-order valence-electron chi connectivity index (χ1n) is 5.69. The van der Waals surface area contributed by atoms with Crippen molar-refractivity contribution in [1.82, 2.24) is 0 Å². The SMILES string of the molecule is CCC(=O)CC(C)P1(=O)OCC(C)(C)CO1. The second kappa shape index (κ2) is 4.99. The monoisotopic (exact) mass is 248 g/mol. The van der Waals surface area contributed by atoms with E-state index < -0.39 is 7.60 Å². The van der Waals surface area contributed by atoms with Crippen LogP contribution in [-0.2, 0) is 18.4 Å². The first-order valence-corrected chi connectivity index (χ1v) is 7.31. The van der Waals surface area contributed by atoms with Crippen LogP contribution in [0.15, 0.2) is 0 Å². The Morgan fingerprint density at radius 1 is 1.38 bits per heavy atom. The minimum Gasteiger partial charge on any atom is -0.308 e. The predicted molar refractivity (Wildman–Crippen MR) is 62.7 cm³/mol. The molecule has 0 aromatic carbocycles. The summed E-state index contributed by atoms with van der Waals surface area (Å²) in [5.74, 6) is 0.0970.